The van der Waals surface area contributed by atoms with Crippen LogP contribution >= 0.6 is 0 Å². The number of hydrazine groups is 1. The normalized spacial score (nSPS) is 18.7. The number of hydrogen-bond donors (Lipinski definition) is 1. The lowest BCUT2D eigenvalue weighted by Crippen LogP contribution is -2.37. The van der Waals surface area contributed by atoms with E-state index in [1.165, 1.54) is 12.1 Å². The first-order valence-electron chi connectivity index (χ1n) is 10.4. The molecule has 2 heterocycles. The summed E-state index contributed by atoms with van der Waals surface area (Å²) in [5, 5.41) is 12.6. The molecule has 1 saturated heterocycles. The summed E-state index contributed by atoms with van der Waals surface area (Å²) in [5.74, 6) is 1.08. The number of nitro benzene ring substituents is 1. The second-order valence-electron chi connectivity index (χ2n) is 7.87. The summed E-state index contributed by atoms with van der Waals surface area (Å²) in [5.41, 5.74) is 6.71. The number of rotatable bonds is 6. The number of fused-ring (bicyclic) bond motifs is 3. The number of benzene rings is 3. The topological polar surface area (TPSA) is 97.2 Å². The predicted octanol–water partition coefficient (Wildman–Crippen LogP) is 3.91. The lowest BCUT2D eigenvalue weighted by molar-refractivity contribution is -0.384. The molecule has 9 nitrogen and oxygen atoms in total. The molecule has 0 saturated carbocycles. The second-order valence-corrected chi connectivity index (χ2v) is 7.87. The van der Waals surface area contributed by atoms with Crippen LogP contribution < -0.4 is 19.8 Å². The largest absolute Gasteiger partial charge is 0.493 e. The van der Waals surface area contributed by atoms with E-state index >= 15 is 0 Å². The number of anilines is 2. The van der Waals surface area contributed by atoms with E-state index in [4.69, 9.17) is 9.47 Å². The van der Waals surface area contributed by atoms with E-state index in [0.29, 0.717) is 23.6 Å². The first-order chi connectivity index (χ1) is 16.0. The first-order valence-corrected chi connectivity index (χ1v) is 10.4. The monoisotopic (exact) mass is 446 g/mol. The molecular formula is C24H22N4O5. The van der Waals surface area contributed by atoms with E-state index in [1.807, 2.05) is 42.5 Å². The number of carbonyl (C=O) groups excluding carboxylic acids is 1. The minimum Gasteiger partial charge on any atom is -0.493 e. The highest BCUT2D eigenvalue weighted by molar-refractivity contribution is 5.93. The zero-order valence-corrected chi connectivity index (χ0v) is 18.1. The summed E-state index contributed by atoms with van der Waals surface area (Å²) in [6.45, 7) is 0. The second kappa shape index (κ2) is 8.01. The fourth-order valence-electron chi connectivity index (χ4n) is 4.56. The van der Waals surface area contributed by atoms with Gasteiger partial charge in [0.25, 0.3) is 11.6 Å². The van der Waals surface area contributed by atoms with Gasteiger partial charge in [0, 0.05) is 29.8 Å². The van der Waals surface area contributed by atoms with Gasteiger partial charge in [0.2, 0.25) is 0 Å². The van der Waals surface area contributed by atoms with Gasteiger partial charge >= 0.3 is 0 Å². The Bertz CT molecular complexity index is 1230. The van der Waals surface area contributed by atoms with Crippen LogP contribution in [0.25, 0.3) is 0 Å². The van der Waals surface area contributed by atoms with Crippen LogP contribution in [0, 0.1) is 10.1 Å². The summed E-state index contributed by atoms with van der Waals surface area (Å²) >= 11 is 0. The molecule has 1 amide bonds. The molecule has 0 unspecified atom stereocenters. The van der Waals surface area contributed by atoms with Crippen LogP contribution in [0.2, 0.25) is 0 Å². The van der Waals surface area contributed by atoms with Gasteiger partial charge in [-0.25, -0.2) is 5.01 Å². The minimum atomic E-state index is -0.457. The lowest BCUT2D eigenvalue weighted by Gasteiger charge is -2.32. The highest BCUT2D eigenvalue weighted by Gasteiger charge is 2.51. The highest BCUT2D eigenvalue weighted by Crippen LogP contribution is 2.46. The van der Waals surface area contributed by atoms with Gasteiger partial charge in [-0.1, -0.05) is 24.3 Å². The molecule has 5 rings (SSSR count). The van der Waals surface area contributed by atoms with Gasteiger partial charge < -0.3 is 14.4 Å². The molecule has 1 N–H and O–H groups in total. The van der Waals surface area contributed by atoms with Crippen molar-refractivity contribution in [3.8, 4) is 11.5 Å². The molecule has 3 aromatic carbocycles. The Labute approximate surface area is 190 Å². The maximum atomic E-state index is 13.6. The maximum absolute atomic E-state index is 13.6. The van der Waals surface area contributed by atoms with Crippen molar-refractivity contribution in [2.45, 2.75) is 18.6 Å². The zero-order valence-electron chi connectivity index (χ0n) is 18.1. The van der Waals surface area contributed by atoms with Crippen molar-refractivity contribution in [2.75, 3.05) is 24.5 Å². The van der Waals surface area contributed by atoms with Crippen LogP contribution in [-0.4, -0.2) is 36.1 Å². The van der Waals surface area contributed by atoms with E-state index in [0.717, 1.165) is 16.8 Å². The van der Waals surface area contributed by atoms with Gasteiger partial charge in [0.05, 0.1) is 24.8 Å². The predicted molar refractivity (Wildman–Crippen MR) is 122 cm³/mol. The van der Waals surface area contributed by atoms with E-state index in [2.05, 4.69) is 10.3 Å². The molecule has 1 fully saturated rings. The molecule has 9 heteroatoms. The molecule has 2 aliphatic rings. The smallest absolute Gasteiger partial charge is 0.269 e. The SMILES string of the molecule is COc1ccc([C@@H]2N(Nc3ccc([N+](=O)[O-])cc3)C(=O)[C@@H]3Cc4ccccc4N23)cc1OC. The van der Waals surface area contributed by atoms with Gasteiger partial charge in [-0.2, -0.15) is 0 Å². The molecule has 0 bridgehead atoms. The van der Waals surface area contributed by atoms with Crippen LogP contribution in [0.1, 0.15) is 17.3 Å². The Morgan fingerprint density at radius 1 is 1.00 bits per heavy atom. The standard InChI is InChI=1S/C24H22N4O5/c1-32-21-12-7-16(14-22(21)33-2)23-26-19-6-4-3-5-15(19)13-20(26)24(29)27(23)25-17-8-10-18(11-9-17)28(30)31/h3-12,14,20,23,25H,13H2,1-2H3/t20-,23-/m0/s1. The van der Waals surface area contributed by atoms with Crippen molar-refractivity contribution < 1.29 is 19.2 Å². The molecule has 0 aromatic heterocycles. The highest BCUT2D eigenvalue weighted by atomic mass is 16.6. The first kappa shape index (κ1) is 20.6. The minimum absolute atomic E-state index is 0.0145. The van der Waals surface area contributed by atoms with Crippen molar-refractivity contribution >= 4 is 23.0 Å². The molecule has 2 atom stereocenters. The summed E-state index contributed by atoms with van der Waals surface area (Å²) in [6, 6.07) is 19.2. The van der Waals surface area contributed by atoms with Crippen LogP contribution in [-0.2, 0) is 11.2 Å². The number of nitrogens with one attached hydrogen (secondary N) is 1. The third kappa shape index (κ3) is 3.38. The van der Waals surface area contributed by atoms with Crippen molar-refractivity contribution in [3.05, 3.63) is 88.0 Å². The lowest BCUT2D eigenvalue weighted by atomic mass is 10.1. The van der Waals surface area contributed by atoms with Gasteiger partial charge in [0.15, 0.2) is 17.7 Å². The van der Waals surface area contributed by atoms with E-state index in [9.17, 15) is 14.9 Å². The van der Waals surface area contributed by atoms with Crippen molar-refractivity contribution in [3.63, 3.8) is 0 Å². The average molecular weight is 446 g/mol. The summed E-state index contributed by atoms with van der Waals surface area (Å²) in [4.78, 5) is 26.2. The number of para-hydroxylation sites is 1. The Hall–Kier alpha value is -4.27. The van der Waals surface area contributed by atoms with Crippen molar-refractivity contribution in [1.82, 2.24) is 5.01 Å². The Morgan fingerprint density at radius 2 is 1.73 bits per heavy atom. The van der Waals surface area contributed by atoms with Crippen molar-refractivity contribution in [2.24, 2.45) is 0 Å². The van der Waals surface area contributed by atoms with E-state index in [1.54, 1.807) is 31.4 Å². The average Bonchev–Trinajstić information content (AvgIpc) is 3.34. The molecule has 168 valence electrons. The number of nitrogens with zero attached hydrogens (tertiary/aromatic N) is 3. The van der Waals surface area contributed by atoms with E-state index in [-0.39, 0.29) is 17.6 Å². The number of carbonyl (C=O) groups is 1. The fourth-order valence-corrected chi connectivity index (χ4v) is 4.56. The summed E-state index contributed by atoms with van der Waals surface area (Å²) < 4.78 is 10.9. The molecule has 0 aliphatic carbocycles. The zero-order chi connectivity index (χ0) is 23.1. The number of hydrogen-bond acceptors (Lipinski definition) is 7. The van der Waals surface area contributed by atoms with Gasteiger partial charge in [-0.15, -0.1) is 0 Å². The molecule has 3 aromatic rings. The van der Waals surface area contributed by atoms with Crippen LogP contribution in [0.4, 0.5) is 17.1 Å². The molecule has 2 aliphatic heterocycles. The van der Waals surface area contributed by atoms with E-state index < -0.39 is 11.1 Å². The Balaban J connectivity index is 1.57. The van der Waals surface area contributed by atoms with Crippen LogP contribution in [0.3, 0.4) is 0 Å². The Kier molecular flexibility index (Phi) is 5.01. The number of amides is 1. The van der Waals surface area contributed by atoms with Gasteiger partial charge in [-0.3, -0.25) is 20.3 Å². The number of non-ortho nitro benzene ring substituents is 1. The van der Waals surface area contributed by atoms with Crippen molar-refractivity contribution in [1.29, 1.82) is 0 Å². The quantitative estimate of drug-likeness (QED) is 0.453. The maximum Gasteiger partial charge on any atom is 0.269 e. The number of methoxy groups -OCH3 is 2. The fraction of sp³-hybridized carbons (Fsp3) is 0.208. The summed E-state index contributed by atoms with van der Waals surface area (Å²) in [6.07, 6.45) is 0.151. The summed E-state index contributed by atoms with van der Waals surface area (Å²) in [7, 11) is 3.15. The van der Waals surface area contributed by atoms with Gasteiger partial charge in [0.1, 0.15) is 6.04 Å². The Morgan fingerprint density at radius 3 is 2.42 bits per heavy atom. The number of ether oxygens (including phenoxy) is 2. The number of nitro groups is 1. The molecule has 0 spiro atoms. The van der Waals surface area contributed by atoms with Crippen LogP contribution in [0.15, 0.2) is 66.7 Å². The third-order valence-electron chi connectivity index (χ3n) is 6.08. The van der Waals surface area contributed by atoms with Crippen LogP contribution in [0.5, 0.6) is 11.5 Å². The molecular weight excluding hydrogens is 424 g/mol. The third-order valence-corrected chi connectivity index (χ3v) is 6.08. The van der Waals surface area contributed by atoms with Gasteiger partial charge in [-0.05, 0) is 35.9 Å². The molecule has 0 radical (unpaired) electrons. The molecule has 33 heavy (non-hydrogen) atoms.